The minimum atomic E-state index is 0.326. The molecule has 0 heterocycles. The number of nitrogens with zero attached hydrogens (tertiary/aromatic N) is 2. The first-order chi connectivity index (χ1) is 12.8. The predicted octanol–water partition coefficient (Wildman–Crippen LogP) is 4.41. The molecule has 138 valence electrons. The van der Waals surface area contributed by atoms with Crippen molar-refractivity contribution in [3.05, 3.63) is 59.7 Å². The van der Waals surface area contributed by atoms with Crippen LogP contribution in [0.1, 0.15) is 11.1 Å². The average molecular weight is 389 g/mol. The molecule has 0 aliphatic rings. The molecule has 2 aromatic rings. The van der Waals surface area contributed by atoms with Crippen LogP contribution in [0.25, 0.3) is 0 Å². The molecular weight excluding hydrogens is 364 g/mol. The van der Waals surface area contributed by atoms with Gasteiger partial charge in [-0.25, -0.2) is 0 Å². The largest absolute Gasteiger partial charge is 0.508 e. The summed E-state index contributed by atoms with van der Waals surface area (Å²) in [5, 5.41) is 19.3. The van der Waals surface area contributed by atoms with Gasteiger partial charge in [-0.15, -0.1) is 0 Å². The molecule has 0 saturated carbocycles. The van der Waals surface area contributed by atoms with Crippen molar-refractivity contribution in [2.45, 2.75) is 12.8 Å². The van der Waals surface area contributed by atoms with Crippen LogP contribution in [0, 0.1) is 0 Å². The van der Waals surface area contributed by atoms with Gasteiger partial charge in [0.05, 0.1) is 0 Å². The Morgan fingerprint density at radius 3 is 1.54 bits per heavy atom. The number of aromatic hydroxyl groups is 2. The molecule has 0 unspecified atom stereocenters. The van der Waals surface area contributed by atoms with Crippen molar-refractivity contribution >= 4 is 34.0 Å². The number of hydrogen-bond acceptors (Lipinski definition) is 6. The normalized spacial score (nSPS) is 11.5. The lowest BCUT2D eigenvalue weighted by Crippen LogP contribution is -1.91. The van der Waals surface area contributed by atoms with E-state index in [0.717, 1.165) is 35.7 Å². The van der Waals surface area contributed by atoms with Gasteiger partial charge in [0.25, 0.3) is 0 Å². The molecule has 0 aliphatic heterocycles. The minimum Gasteiger partial charge on any atom is -0.508 e. The topological polar surface area (TPSA) is 65.2 Å². The summed E-state index contributed by atoms with van der Waals surface area (Å²) in [7, 11) is 3.60. The van der Waals surface area contributed by atoms with Crippen LogP contribution < -0.4 is 0 Å². The molecule has 0 spiro atoms. The average Bonchev–Trinajstić information content (AvgIpc) is 2.65. The highest BCUT2D eigenvalue weighted by molar-refractivity contribution is 8.76. The van der Waals surface area contributed by atoms with Crippen LogP contribution in [-0.4, -0.2) is 47.2 Å². The molecule has 26 heavy (non-hydrogen) atoms. The van der Waals surface area contributed by atoms with E-state index in [1.807, 2.05) is 48.8 Å². The number of hydrogen-bond donors (Lipinski definition) is 2. The van der Waals surface area contributed by atoms with Gasteiger partial charge < -0.3 is 10.2 Å². The Morgan fingerprint density at radius 1 is 0.692 bits per heavy atom. The summed E-state index contributed by atoms with van der Waals surface area (Å²) >= 11 is 0. The van der Waals surface area contributed by atoms with Crippen molar-refractivity contribution in [2.75, 3.05) is 24.6 Å². The van der Waals surface area contributed by atoms with Gasteiger partial charge in [-0.1, -0.05) is 58.0 Å². The quantitative estimate of drug-likeness (QED) is 0.340. The first-order valence-electron chi connectivity index (χ1n) is 8.52. The van der Waals surface area contributed by atoms with Crippen molar-refractivity contribution in [1.82, 2.24) is 0 Å². The molecule has 0 aliphatic carbocycles. The second-order valence-electron chi connectivity index (χ2n) is 5.49. The van der Waals surface area contributed by atoms with Crippen LogP contribution in [0.15, 0.2) is 58.5 Å². The van der Waals surface area contributed by atoms with Crippen LogP contribution in [-0.2, 0) is 12.8 Å². The molecule has 0 bridgehead atoms. The standard InChI is InChI=1S/C20H24N2O2S2/c23-19-7-3-1-5-17(19)9-11-21-13-15-25-26-16-14-22-12-10-18-6-2-4-8-20(18)24/h1-8,11-12,23-24H,9-10,13-16H2. The fraction of sp³-hybridized carbons (Fsp3) is 0.300. The van der Waals surface area contributed by atoms with E-state index in [-0.39, 0.29) is 0 Å². The molecule has 0 fully saturated rings. The first-order valence-corrected chi connectivity index (χ1v) is 11.0. The summed E-state index contributed by atoms with van der Waals surface area (Å²) < 4.78 is 0. The fourth-order valence-electron chi connectivity index (χ4n) is 2.17. The highest BCUT2D eigenvalue weighted by Gasteiger charge is 1.97. The van der Waals surface area contributed by atoms with E-state index in [2.05, 4.69) is 9.98 Å². The van der Waals surface area contributed by atoms with Crippen LogP contribution in [0.4, 0.5) is 0 Å². The van der Waals surface area contributed by atoms with Gasteiger partial charge in [-0.05, 0) is 23.3 Å². The zero-order valence-corrected chi connectivity index (χ0v) is 16.3. The van der Waals surface area contributed by atoms with Crippen molar-refractivity contribution in [1.29, 1.82) is 0 Å². The number of aliphatic imine (C=N–C) groups is 2. The lowest BCUT2D eigenvalue weighted by Gasteiger charge is -2.00. The van der Waals surface area contributed by atoms with Gasteiger partial charge in [-0.2, -0.15) is 0 Å². The Kier molecular flexibility index (Phi) is 9.75. The molecular formula is C20H24N2O2S2. The third-order valence-corrected chi connectivity index (χ3v) is 5.92. The van der Waals surface area contributed by atoms with E-state index in [1.54, 1.807) is 33.7 Å². The van der Waals surface area contributed by atoms with Gasteiger partial charge >= 0.3 is 0 Å². The highest BCUT2D eigenvalue weighted by atomic mass is 33.1. The van der Waals surface area contributed by atoms with Gasteiger partial charge in [0.1, 0.15) is 11.5 Å². The summed E-state index contributed by atoms with van der Waals surface area (Å²) in [4.78, 5) is 8.75. The molecule has 2 aromatic carbocycles. The Morgan fingerprint density at radius 2 is 1.12 bits per heavy atom. The molecule has 0 saturated heterocycles. The summed E-state index contributed by atoms with van der Waals surface area (Å²) in [6.07, 6.45) is 5.06. The Bertz CT molecular complexity index is 659. The molecule has 0 aromatic heterocycles. The molecule has 0 atom stereocenters. The van der Waals surface area contributed by atoms with E-state index in [4.69, 9.17) is 0 Å². The van der Waals surface area contributed by atoms with E-state index in [9.17, 15) is 10.2 Å². The van der Waals surface area contributed by atoms with E-state index >= 15 is 0 Å². The summed E-state index contributed by atoms with van der Waals surface area (Å²) in [6, 6.07) is 14.7. The Balaban J connectivity index is 1.47. The number of phenols is 2. The van der Waals surface area contributed by atoms with Crippen molar-refractivity contribution in [3.63, 3.8) is 0 Å². The van der Waals surface area contributed by atoms with Crippen molar-refractivity contribution < 1.29 is 10.2 Å². The number of rotatable bonds is 11. The molecule has 4 nitrogen and oxygen atoms in total. The van der Waals surface area contributed by atoms with Gasteiger partial charge in [0, 0.05) is 49.9 Å². The smallest absolute Gasteiger partial charge is 0.119 e. The number of benzene rings is 2. The fourth-order valence-corrected chi connectivity index (χ4v) is 3.92. The highest BCUT2D eigenvalue weighted by Crippen LogP contribution is 2.20. The lowest BCUT2D eigenvalue weighted by atomic mass is 10.1. The number of para-hydroxylation sites is 2. The van der Waals surface area contributed by atoms with Crippen LogP contribution >= 0.6 is 21.6 Å². The third-order valence-electron chi connectivity index (χ3n) is 3.55. The summed E-state index contributed by atoms with van der Waals surface area (Å²) in [6.45, 7) is 1.56. The second-order valence-corrected chi connectivity index (χ2v) is 8.19. The zero-order valence-electron chi connectivity index (χ0n) is 14.6. The Labute approximate surface area is 162 Å². The maximum atomic E-state index is 9.66. The first kappa shape index (κ1) is 20.4. The number of phenolic OH excluding ortho intramolecular Hbond substituents is 2. The van der Waals surface area contributed by atoms with Gasteiger partial charge in [0.15, 0.2) is 0 Å². The monoisotopic (exact) mass is 388 g/mol. The van der Waals surface area contributed by atoms with Crippen LogP contribution in [0.5, 0.6) is 11.5 Å². The van der Waals surface area contributed by atoms with Crippen molar-refractivity contribution in [2.24, 2.45) is 9.98 Å². The van der Waals surface area contributed by atoms with Crippen LogP contribution in [0.2, 0.25) is 0 Å². The maximum absolute atomic E-state index is 9.66. The molecule has 0 amide bonds. The Hall–Kier alpha value is -1.92. The van der Waals surface area contributed by atoms with Gasteiger partial charge in [-0.3, -0.25) is 9.98 Å². The van der Waals surface area contributed by atoms with E-state index < -0.39 is 0 Å². The predicted molar refractivity (Wildman–Crippen MR) is 115 cm³/mol. The lowest BCUT2D eigenvalue weighted by molar-refractivity contribution is 0.470. The minimum absolute atomic E-state index is 0.326. The van der Waals surface area contributed by atoms with Crippen molar-refractivity contribution in [3.8, 4) is 11.5 Å². The molecule has 2 rings (SSSR count). The SMILES string of the molecule is Oc1ccccc1CC=NCCSSCCN=CCc1ccccc1O. The molecule has 6 heteroatoms. The zero-order chi connectivity index (χ0) is 18.5. The summed E-state index contributed by atoms with van der Waals surface area (Å²) in [5.74, 6) is 2.58. The summed E-state index contributed by atoms with van der Waals surface area (Å²) in [5.41, 5.74) is 1.81. The van der Waals surface area contributed by atoms with E-state index in [1.165, 1.54) is 0 Å². The maximum Gasteiger partial charge on any atom is 0.119 e. The molecule has 2 N–H and O–H groups in total. The molecule has 0 radical (unpaired) electrons. The third kappa shape index (κ3) is 7.97. The van der Waals surface area contributed by atoms with Gasteiger partial charge in [0.2, 0.25) is 0 Å². The second kappa shape index (κ2) is 12.4. The van der Waals surface area contributed by atoms with E-state index in [0.29, 0.717) is 24.3 Å². The van der Waals surface area contributed by atoms with Crippen LogP contribution in [0.3, 0.4) is 0 Å².